The van der Waals surface area contributed by atoms with E-state index in [9.17, 15) is 0 Å². The van der Waals surface area contributed by atoms with Gasteiger partial charge in [-0.25, -0.2) is 9.98 Å². The molecule has 0 saturated heterocycles. The Morgan fingerprint density at radius 3 is 2.62 bits per heavy atom. The van der Waals surface area contributed by atoms with Crippen LogP contribution in [0.2, 0.25) is 0 Å². The number of nitrogens with one attached hydrogen (secondary N) is 1. The number of hydrogen-bond acceptors (Lipinski definition) is 5. The number of ether oxygens (including phenoxy) is 1. The van der Waals surface area contributed by atoms with Gasteiger partial charge in [-0.3, -0.25) is 5.32 Å². The third-order valence-corrected chi connectivity index (χ3v) is 3.25. The maximum atomic E-state index is 6.00. The first-order valence-electron chi connectivity index (χ1n) is 6.72. The Morgan fingerprint density at radius 2 is 2.10 bits per heavy atom. The van der Waals surface area contributed by atoms with Crippen LogP contribution in [0.25, 0.3) is 0 Å². The lowest BCUT2D eigenvalue weighted by Gasteiger charge is -2.35. The second kappa shape index (κ2) is 5.93. The second-order valence-corrected chi connectivity index (χ2v) is 4.78. The molecule has 2 rings (SSSR count). The fourth-order valence-electron chi connectivity index (χ4n) is 2.08. The minimum Gasteiger partial charge on any atom is -0.449 e. The van der Waals surface area contributed by atoms with Gasteiger partial charge in [0.15, 0.2) is 0 Å². The van der Waals surface area contributed by atoms with E-state index in [0.29, 0.717) is 17.3 Å². The quantitative estimate of drug-likeness (QED) is 0.832. The van der Waals surface area contributed by atoms with Gasteiger partial charge in [0.2, 0.25) is 11.6 Å². The Bertz CT molecular complexity index is 631. The summed E-state index contributed by atoms with van der Waals surface area (Å²) in [5, 5.41) is 3.15. The molecule has 0 bridgehead atoms. The predicted octanol–water partition coefficient (Wildman–Crippen LogP) is 2.17. The highest BCUT2D eigenvalue weighted by molar-refractivity contribution is 6.07. The molecule has 1 aliphatic rings. The van der Waals surface area contributed by atoms with Crippen LogP contribution in [0.1, 0.15) is 19.4 Å². The van der Waals surface area contributed by atoms with Crippen molar-refractivity contribution in [2.75, 3.05) is 7.05 Å². The molecule has 3 N–H and O–H groups in total. The van der Waals surface area contributed by atoms with Crippen LogP contribution < -0.4 is 11.1 Å². The first kappa shape index (κ1) is 15.0. The number of nitrogens with two attached hydrogens (primary N) is 1. The van der Waals surface area contributed by atoms with Gasteiger partial charge in [-0.05, 0) is 20.9 Å². The van der Waals surface area contributed by atoms with Crippen molar-refractivity contribution in [3.05, 3.63) is 59.8 Å². The molecule has 5 heteroatoms. The summed E-state index contributed by atoms with van der Waals surface area (Å²) in [7, 11) is 1.81. The molecule has 0 aliphatic carbocycles. The van der Waals surface area contributed by atoms with Crippen LogP contribution in [0.4, 0.5) is 0 Å². The van der Waals surface area contributed by atoms with E-state index < -0.39 is 5.72 Å². The zero-order valence-electron chi connectivity index (χ0n) is 12.6. The molecular formula is C16H20N4O. The summed E-state index contributed by atoms with van der Waals surface area (Å²) in [6.45, 7) is 7.46. The molecular weight excluding hydrogens is 264 g/mol. The summed E-state index contributed by atoms with van der Waals surface area (Å²) in [5.41, 5.74) is 7.50. The van der Waals surface area contributed by atoms with E-state index in [-0.39, 0.29) is 0 Å². The van der Waals surface area contributed by atoms with Crippen molar-refractivity contribution in [1.82, 2.24) is 5.32 Å². The smallest absolute Gasteiger partial charge is 0.243 e. The summed E-state index contributed by atoms with van der Waals surface area (Å²) in [6, 6.07) is 9.81. The van der Waals surface area contributed by atoms with Crippen LogP contribution in [0.3, 0.4) is 0 Å². The minimum atomic E-state index is -0.790. The highest BCUT2D eigenvalue weighted by atomic mass is 16.5. The lowest BCUT2D eigenvalue weighted by Crippen LogP contribution is -2.51. The van der Waals surface area contributed by atoms with Crippen LogP contribution >= 0.6 is 0 Å². The third-order valence-electron chi connectivity index (χ3n) is 3.25. The molecule has 21 heavy (non-hydrogen) atoms. The lowest BCUT2D eigenvalue weighted by molar-refractivity contribution is 0.0489. The standard InChI is InChI=1S/C16H20N4O/c1-5-19-15-13(11(2)17)20-14(16(3,18-4)21-15)12-9-7-6-8-10-12/h5-10,18H,2,17H2,1,3-4H3/t16-/m1/s1. The lowest BCUT2D eigenvalue weighted by atomic mass is 9.99. The third kappa shape index (κ3) is 2.87. The van der Waals surface area contributed by atoms with Crippen molar-refractivity contribution in [2.45, 2.75) is 19.6 Å². The van der Waals surface area contributed by atoms with E-state index in [0.717, 1.165) is 11.3 Å². The van der Waals surface area contributed by atoms with Crippen molar-refractivity contribution in [2.24, 2.45) is 15.7 Å². The van der Waals surface area contributed by atoms with Crippen LogP contribution in [0.15, 0.2) is 64.2 Å². The Labute approximate surface area is 124 Å². The second-order valence-electron chi connectivity index (χ2n) is 4.78. The summed E-state index contributed by atoms with van der Waals surface area (Å²) in [5.74, 6) is 0.363. The maximum absolute atomic E-state index is 6.00. The fraction of sp³-hybridized carbons (Fsp3) is 0.250. The zero-order valence-corrected chi connectivity index (χ0v) is 12.6. The van der Waals surface area contributed by atoms with Gasteiger partial charge in [-0.15, -0.1) is 0 Å². The SMILES string of the molecule is C=C(N)C1=C(N=CC)O[C@@](C)(NC)C(c2ccccc2)=N1. The van der Waals surface area contributed by atoms with Crippen molar-refractivity contribution < 1.29 is 4.74 Å². The molecule has 0 amide bonds. The summed E-state index contributed by atoms with van der Waals surface area (Å²) in [4.78, 5) is 8.85. The van der Waals surface area contributed by atoms with E-state index in [1.54, 1.807) is 13.1 Å². The molecule has 0 unspecified atom stereocenters. The Morgan fingerprint density at radius 1 is 1.43 bits per heavy atom. The Balaban J connectivity index is 2.63. The maximum Gasteiger partial charge on any atom is 0.243 e. The Kier molecular flexibility index (Phi) is 4.23. The van der Waals surface area contributed by atoms with E-state index in [2.05, 4.69) is 21.9 Å². The molecule has 5 nitrogen and oxygen atoms in total. The molecule has 110 valence electrons. The van der Waals surface area contributed by atoms with Gasteiger partial charge in [-0.2, -0.15) is 0 Å². The van der Waals surface area contributed by atoms with Crippen molar-refractivity contribution in [3.63, 3.8) is 0 Å². The summed E-state index contributed by atoms with van der Waals surface area (Å²) >= 11 is 0. The molecule has 1 atom stereocenters. The average molecular weight is 284 g/mol. The number of rotatable bonds is 4. The number of aliphatic imine (C=N–C) groups is 2. The largest absolute Gasteiger partial charge is 0.449 e. The van der Waals surface area contributed by atoms with Crippen LogP contribution in [0, 0.1) is 0 Å². The molecule has 0 spiro atoms. The van der Waals surface area contributed by atoms with Crippen LogP contribution in [-0.4, -0.2) is 24.7 Å². The van der Waals surface area contributed by atoms with E-state index in [4.69, 9.17) is 10.5 Å². The van der Waals surface area contributed by atoms with Crippen molar-refractivity contribution in [1.29, 1.82) is 0 Å². The highest BCUT2D eigenvalue weighted by Crippen LogP contribution is 2.29. The van der Waals surface area contributed by atoms with Crippen LogP contribution in [-0.2, 0) is 4.74 Å². The number of nitrogens with zero attached hydrogens (tertiary/aromatic N) is 2. The molecule has 1 aliphatic heterocycles. The van der Waals surface area contributed by atoms with Gasteiger partial charge >= 0.3 is 0 Å². The number of likely N-dealkylation sites (N-methyl/N-ethyl adjacent to an activating group) is 1. The molecule has 0 fully saturated rings. The minimum absolute atomic E-state index is 0.321. The topological polar surface area (TPSA) is 72.0 Å². The fourth-order valence-corrected chi connectivity index (χ4v) is 2.08. The van der Waals surface area contributed by atoms with Gasteiger partial charge in [-0.1, -0.05) is 36.9 Å². The van der Waals surface area contributed by atoms with Gasteiger partial charge < -0.3 is 10.5 Å². The Hall–Kier alpha value is -2.40. The first-order chi connectivity index (χ1) is 10.0. The van der Waals surface area contributed by atoms with E-state index in [1.807, 2.05) is 44.3 Å². The summed E-state index contributed by atoms with van der Waals surface area (Å²) in [6.07, 6.45) is 1.64. The monoisotopic (exact) mass is 284 g/mol. The molecule has 1 heterocycles. The van der Waals surface area contributed by atoms with Gasteiger partial charge in [0.05, 0.1) is 5.70 Å². The van der Waals surface area contributed by atoms with Crippen molar-refractivity contribution in [3.8, 4) is 0 Å². The van der Waals surface area contributed by atoms with Gasteiger partial charge in [0.25, 0.3) is 0 Å². The van der Waals surface area contributed by atoms with E-state index in [1.165, 1.54) is 0 Å². The molecule has 1 aromatic carbocycles. The van der Waals surface area contributed by atoms with Crippen LogP contribution in [0.5, 0.6) is 0 Å². The molecule has 0 saturated carbocycles. The normalized spacial score (nSPS) is 22.1. The van der Waals surface area contributed by atoms with Crippen molar-refractivity contribution >= 4 is 11.9 Å². The molecule has 0 radical (unpaired) electrons. The highest BCUT2D eigenvalue weighted by Gasteiger charge is 2.37. The zero-order chi connectivity index (χ0) is 15.5. The predicted molar refractivity (Wildman–Crippen MR) is 86.0 cm³/mol. The molecule has 0 aromatic heterocycles. The average Bonchev–Trinajstić information content (AvgIpc) is 2.48. The molecule has 1 aromatic rings. The number of hydrogen-bond donors (Lipinski definition) is 2. The van der Waals surface area contributed by atoms with Gasteiger partial charge in [0.1, 0.15) is 11.4 Å². The number of benzene rings is 1. The van der Waals surface area contributed by atoms with Gasteiger partial charge in [0, 0.05) is 11.8 Å². The van der Waals surface area contributed by atoms with E-state index >= 15 is 0 Å². The first-order valence-corrected chi connectivity index (χ1v) is 6.72. The summed E-state index contributed by atoms with van der Waals surface area (Å²) < 4.78 is 6.00.